The van der Waals surface area contributed by atoms with E-state index in [1.54, 1.807) is 18.5 Å². The van der Waals surface area contributed by atoms with Crippen LogP contribution >= 0.6 is 0 Å². The van der Waals surface area contributed by atoms with Gasteiger partial charge in [-0.2, -0.15) is 0 Å². The second-order valence-corrected chi connectivity index (χ2v) is 7.99. The standard InChI is InChI=1S/C28H28N4O3/c1-20-24(21-8-3-2-4-9-21)11-7-12-25(20)32-28(34)26-16-27(22(18-31-26)17-29-14-15-33)35-19-23-10-5-6-13-30-23/h2-13,16,18,29,33H,14-15,17,19H2,1H3,(H,32,34). The maximum absolute atomic E-state index is 13.1. The lowest BCUT2D eigenvalue weighted by molar-refractivity contribution is 0.102. The fraction of sp³-hybridized carbons (Fsp3) is 0.179. The minimum Gasteiger partial charge on any atom is -0.487 e. The zero-order valence-corrected chi connectivity index (χ0v) is 19.6. The Kier molecular flexibility index (Phi) is 8.17. The van der Waals surface area contributed by atoms with Crippen molar-refractivity contribution in [2.24, 2.45) is 0 Å². The number of hydrogen-bond acceptors (Lipinski definition) is 6. The van der Waals surface area contributed by atoms with Crippen LogP contribution in [-0.4, -0.2) is 34.1 Å². The number of amides is 1. The number of anilines is 1. The minimum absolute atomic E-state index is 0.0272. The molecular formula is C28H28N4O3. The van der Waals surface area contributed by atoms with Crippen molar-refractivity contribution in [3.63, 3.8) is 0 Å². The van der Waals surface area contributed by atoms with Crippen LogP contribution in [-0.2, 0) is 13.2 Å². The number of aliphatic hydroxyl groups excluding tert-OH is 1. The molecule has 4 aromatic rings. The quantitative estimate of drug-likeness (QED) is 0.299. The van der Waals surface area contributed by atoms with Gasteiger partial charge in [-0.15, -0.1) is 0 Å². The average Bonchev–Trinajstić information content (AvgIpc) is 2.90. The van der Waals surface area contributed by atoms with Crippen molar-refractivity contribution in [2.45, 2.75) is 20.1 Å². The van der Waals surface area contributed by atoms with Gasteiger partial charge >= 0.3 is 0 Å². The highest BCUT2D eigenvalue weighted by atomic mass is 16.5. The van der Waals surface area contributed by atoms with Crippen LogP contribution in [0.1, 0.15) is 27.3 Å². The topological polar surface area (TPSA) is 96.4 Å². The van der Waals surface area contributed by atoms with E-state index in [2.05, 4.69) is 20.6 Å². The monoisotopic (exact) mass is 468 g/mol. The molecule has 0 saturated carbocycles. The summed E-state index contributed by atoms with van der Waals surface area (Å²) in [5.41, 5.74) is 5.65. The number of nitrogens with zero attached hydrogens (tertiary/aromatic N) is 2. The van der Waals surface area contributed by atoms with Crippen LogP contribution < -0.4 is 15.4 Å². The molecule has 2 aromatic heterocycles. The van der Waals surface area contributed by atoms with E-state index in [9.17, 15) is 4.79 Å². The molecule has 7 heteroatoms. The summed E-state index contributed by atoms with van der Waals surface area (Å²) in [6.45, 7) is 3.17. The van der Waals surface area contributed by atoms with Gasteiger partial charge in [0, 0.05) is 42.8 Å². The SMILES string of the molecule is Cc1c(NC(=O)c2cc(OCc3ccccn3)c(CNCCO)cn2)cccc1-c1ccccc1. The maximum atomic E-state index is 13.1. The van der Waals surface area contributed by atoms with Gasteiger partial charge in [-0.1, -0.05) is 48.5 Å². The van der Waals surface area contributed by atoms with Crippen LogP contribution in [0.3, 0.4) is 0 Å². The summed E-state index contributed by atoms with van der Waals surface area (Å²) in [6.07, 6.45) is 3.33. The molecule has 0 spiro atoms. The molecule has 0 aliphatic rings. The molecule has 7 nitrogen and oxygen atoms in total. The Morgan fingerprint density at radius 3 is 2.60 bits per heavy atom. The maximum Gasteiger partial charge on any atom is 0.274 e. The Morgan fingerprint density at radius 1 is 1.00 bits per heavy atom. The van der Waals surface area contributed by atoms with E-state index in [-0.39, 0.29) is 24.8 Å². The number of rotatable bonds is 10. The largest absolute Gasteiger partial charge is 0.487 e. The Balaban J connectivity index is 1.55. The summed E-state index contributed by atoms with van der Waals surface area (Å²) in [4.78, 5) is 21.8. The molecule has 3 N–H and O–H groups in total. The molecule has 0 saturated heterocycles. The van der Waals surface area contributed by atoms with Crippen molar-refractivity contribution in [2.75, 3.05) is 18.5 Å². The van der Waals surface area contributed by atoms with E-state index in [1.165, 1.54) is 0 Å². The predicted octanol–water partition coefficient (Wildman–Crippen LogP) is 4.37. The molecule has 0 bridgehead atoms. The third-order valence-electron chi connectivity index (χ3n) is 5.55. The lowest BCUT2D eigenvalue weighted by Gasteiger charge is -2.15. The smallest absolute Gasteiger partial charge is 0.274 e. The molecule has 2 heterocycles. The van der Waals surface area contributed by atoms with Gasteiger partial charge < -0.3 is 20.5 Å². The summed E-state index contributed by atoms with van der Waals surface area (Å²) in [5, 5.41) is 15.2. The van der Waals surface area contributed by atoms with Crippen molar-refractivity contribution in [1.82, 2.24) is 15.3 Å². The number of nitrogens with one attached hydrogen (secondary N) is 2. The summed E-state index contributed by atoms with van der Waals surface area (Å²) >= 11 is 0. The first-order valence-electron chi connectivity index (χ1n) is 11.5. The zero-order chi connectivity index (χ0) is 24.5. The second kappa shape index (κ2) is 11.9. The van der Waals surface area contributed by atoms with Crippen LogP contribution in [0.2, 0.25) is 0 Å². The molecule has 0 fully saturated rings. The average molecular weight is 469 g/mol. The fourth-order valence-corrected chi connectivity index (χ4v) is 3.68. The van der Waals surface area contributed by atoms with E-state index >= 15 is 0 Å². The molecule has 178 valence electrons. The molecule has 2 aromatic carbocycles. The highest BCUT2D eigenvalue weighted by Gasteiger charge is 2.15. The third-order valence-corrected chi connectivity index (χ3v) is 5.55. The van der Waals surface area contributed by atoms with Gasteiger partial charge in [0.15, 0.2) is 0 Å². The number of carbonyl (C=O) groups is 1. The van der Waals surface area contributed by atoms with Crippen LogP contribution in [0.25, 0.3) is 11.1 Å². The van der Waals surface area contributed by atoms with Crippen molar-refractivity contribution < 1.29 is 14.6 Å². The summed E-state index contributed by atoms with van der Waals surface area (Å²) in [7, 11) is 0. The van der Waals surface area contributed by atoms with Crippen LogP contribution in [0.15, 0.2) is 85.2 Å². The first-order valence-corrected chi connectivity index (χ1v) is 11.5. The Hall–Kier alpha value is -4.07. The molecule has 0 aliphatic heterocycles. The number of aromatic nitrogens is 2. The molecule has 0 unspecified atom stereocenters. The Morgan fingerprint density at radius 2 is 1.83 bits per heavy atom. The van der Waals surface area contributed by atoms with Gasteiger partial charge in [0.05, 0.1) is 12.3 Å². The van der Waals surface area contributed by atoms with Crippen molar-refractivity contribution >= 4 is 11.6 Å². The van der Waals surface area contributed by atoms with Crippen molar-refractivity contribution in [1.29, 1.82) is 0 Å². The van der Waals surface area contributed by atoms with Gasteiger partial charge in [0.25, 0.3) is 5.91 Å². The van der Waals surface area contributed by atoms with E-state index in [0.29, 0.717) is 18.8 Å². The van der Waals surface area contributed by atoms with Gasteiger partial charge in [0.2, 0.25) is 0 Å². The Bertz CT molecular complexity index is 1260. The first-order chi connectivity index (χ1) is 17.2. The van der Waals surface area contributed by atoms with Crippen LogP contribution in [0.4, 0.5) is 5.69 Å². The van der Waals surface area contributed by atoms with Gasteiger partial charge in [-0.25, -0.2) is 0 Å². The zero-order valence-electron chi connectivity index (χ0n) is 19.6. The molecule has 4 rings (SSSR count). The second-order valence-electron chi connectivity index (χ2n) is 7.99. The summed E-state index contributed by atoms with van der Waals surface area (Å²) in [6, 6.07) is 23.2. The van der Waals surface area contributed by atoms with Crippen molar-refractivity contribution in [3.05, 3.63) is 108 Å². The van der Waals surface area contributed by atoms with Gasteiger partial charge in [-0.3, -0.25) is 14.8 Å². The van der Waals surface area contributed by atoms with Gasteiger partial charge in [-0.05, 0) is 41.8 Å². The molecule has 1 amide bonds. The molecule has 35 heavy (non-hydrogen) atoms. The number of aliphatic hydroxyl groups is 1. The number of pyridine rings is 2. The number of benzene rings is 2. The fourth-order valence-electron chi connectivity index (χ4n) is 3.68. The highest BCUT2D eigenvalue weighted by molar-refractivity contribution is 6.04. The predicted molar refractivity (Wildman–Crippen MR) is 136 cm³/mol. The summed E-state index contributed by atoms with van der Waals surface area (Å²) in [5.74, 6) is 0.215. The lowest BCUT2D eigenvalue weighted by atomic mass is 9.99. The highest BCUT2D eigenvalue weighted by Crippen LogP contribution is 2.29. The van der Waals surface area contributed by atoms with Gasteiger partial charge in [0.1, 0.15) is 18.1 Å². The van der Waals surface area contributed by atoms with Crippen LogP contribution in [0, 0.1) is 6.92 Å². The molecular weight excluding hydrogens is 440 g/mol. The molecule has 0 radical (unpaired) electrons. The van der Waals surface area contributed by atoms with E-state index < -0.39 is 0 Å². The molecule has 0 atom stereocenters. The lowest BCUT2D eigenvalue weighted by Crippen LogP contribution is -2.19. The first kappa shape index (κ1) is 24.1. The Labute approximate surface area is 204 Å². The number of carbonyl (C=O) groups excluding carboxylic acids is 1. The van der Waals surface area contributed by atoms with Crippen LogP contribution in [0.5, 0.6) is 5.75 Å². The minimum atomic E-state index is -0.323. The van der Waals surface area contributed by atoms with E-state index in [1.807, 2.05) is 73.7 Å². The number of hydrogen-bond donors (Lipinski definition) is 3. The summed E-state index contributed by atoms with van der Waals surface area (Å²) < 4.78 is 6.01. The van der Waals surface area contributed by atoms with E-state index in [0.717, 1.165) is 33.6 Å². The van der Waals surface area contributed by atoms with E-state index in [4.69, 9.17) is 9.84 Å². The van der Waals surface area contributed by atoms with Crippen molar-refractivity contribution in [3.8, 4) is 16.9 Å². The number of ether oxygens (including phenoxy) is 1. The molecule has 0 aliphatic carbocycles. The third kappa shape index (κ3) is 6.29. The normalized spacial score (nSPS) is 10.7.